The van der Waals surface area contributed by atoms with E-state index in [1.54, 1.807) is 24.3 Å². The van der Waals surface area contributed by atoms with Crippen molar-refractivity contribution in [3.8, 4) is 5.75 Å². The van der Waals surface area contributed by atoms with Crippen LogP contribution in [-0.4, -0.2) is 36.4 Å². The Morgan fingerprint density at radius 2 is 2.18 bits per heavy atom. The van der Waals surface area contributed by atoms with Crippen LogP contribution in [0.1, 0.15) is 18.0 Å². The summed E-state index contributed by atoms with van der Waals surface area (Å²) >= 11 is 0. The summed E-state index contributed by atoms with van der Waals surface area (Å²) in [5, 5.41) is 20.7. The first kappa shape index (κ1) is 13.5. The van der Waals surface area contributed by atoms with Gasteiger partial charge in [0.1, 0.15) is 11.8 Å². The number of aliphatic carboxylic acids is 1. The Hall–Kier alpha value is -1.59. The molecular formula is C12H17NO4. The number of carboxylic acid groups (broad SMARTS) is 1. The predicted octanol–water partition coefficient (Wildman–Crippen LogP) is 0.793. The molecule has 0 aliphatic rings. The third-order valence-electron chi connectivity index (χ3n) is 2.38. The number of aliphatic hydroxyl groups excluding tert-OH is 1. The number of hydrogen-bond acceptors (Lipinski definition) is 4. The highest BCUT2D eigenvalue weighted by molar-refractivity contribution is 5.76. The molecule has 0 spiro atoms. The fraction of sp³-hybridized carbons (Fsp3) is 0.417. The highest BCUT2D eigenvalue weighted by Crippen LogP contribution is 2.24. The van der Waals surface area contributed by atoms with E-state index in [1.807, 2.05) is 0 Å². The van der Waals surface area contributed by atoms with E-state index in [0.717, 1.165) is 0 Å². The highest BCUT2D eigenvalue weighted by Gasteiger charge is 2.21. The Labute approximate surface area is 100 Å². The van der Waals surface area contributed by atoms with Gasteiger partial charge in [-0.05, 0) is 19.0 Å². The minimum absolute atomic E-state index is 0.0330. The van der Waals surface area contributed by atoms with Gasteiger partial charge >= 0.3 is 5.97 Å². The Balaban J connectivity index is 2.85. The van der Waals surface area contributed by atoms with E-state index in [0.29, 0.717) is 24.3 Å². The van der Waals surface area contributed by atoms with Gasteiger partial charge in [0.05, 0.1) is 7.11 Å². The lowest BCUT2D eigenvalue weighted by Crippen LogP contribution is -2.30. The number of rotatable bonds is 7. The van der Waals surface area contributed by atoms with Gasteiger partial charge in [-0.2, -0.15) is 0 Å². The van der Waals surface area contributed by atoms with E-state index in [1.165, 1.54) is 7.11 Å². The van der Waals surface area contributed by atoms with Gasteiger partial charge in [-0.15, -0.1) is 0 Å². The van der Waals surface area contributed by atoms with Crippen molar-refractivity contribution >= 4 is 5.97 Å². The van der Waals surface area contributed by atoms with Crippen molar-refractivity contribution in [2.75, 3.05) is 20.3 Å². The summed E-state index contributed by atoms with van der Waals surface area (Å²) in [4.78, 5) is 11.2. The number of methoxy groups -OCH3 is 1. The zero-order valence-electron chi connectivity index (χ0n) is 9.72. The van der Waals surface area contributed by atoms with Gasteiger partial charge in [-0.25, -0.2) is 0 Å². The molecule has 0 bridgehead atoms. The van der Waals surface area contributed by atoms with Gasteiger partial charge < -0.3 is 20.3 Å². The summed E-state index contributed by atoms with van der Waals surface area (Å²) < 4.78 is 5.13. The zero-order valence-corrected chi connectivity index (χ0v) is 9.72. The number of carboxylic acids is 1. The molecule has 0 aliphatic carbocycles. The largest absolute Gasteiger partial charge is 0.496 e. The van der Waals surface area contributed by atoms with Crippen LogP contribution in [-0.2, 0) is 4.79 Å². The molecule has 0 radical (unpaired) electrons. The van der Waals surface area contributed by atoms with Crippen LogP contribution in [0.3, 0.4) is 0 Å². The average molecular weight is 239 g/mol. The minimum atomic E-state index is -0.965. The Morgan fingerprint density at radius 1 is 1.47 bits per heavy atom. The van der Waals surface area contributed by atoms with Gasteiger partial charge in [-0.3, -0.25) is 4.79 Å². The van der Waals surface area contributed by atoms with Crippen LogP contribution < -0.4 is 10.1 Å². The van der Waals surface area contributed by atoms with Crippen molar-refractivity contribution in [3.63, 3.8) is 0 Å². The predicted molar refractivity (Wildman–Crippen MR) is 63.1 cm³/mol. The molecule has 3 N–H and O–H groups in total. The molecule has 0 heterocycles. The second-order valence-corrected chi connectivity index (χ2v) is 3.54. The van der Waals surface area contributed by atoms with Gasteiger partial charge in [0, 0.05) is 12.2 Å². The Kier molecular flexibility index (Phi) is 5.45. The maximum atomic E-state index is 11.2. The molecule has 5 heteroatoms. The van der Waals surface area contributed by atoms with Crippen LogP contribution in [0.4, 0.5) is 0 Å². The van der Waals surface area contributed by atoms with E-state index < -0.39 is 12.0 Å². The first-order chi connectivity index (χ1) is 8.20. The number of para-hydroxylation sites is 1. The summed E-state index contributed by atoms with van der Waals surface area (Å²) in [5.41, 5.74) is 0.584. The van der Waals surface area contributed by atoms with Crippen LogP contribution in [0.15, 0.2) is 24.3 Å². The summed E-state index contributed by atoms with van der Waals surface area (Å²) in [6.07, 6.45) is 0.513. The maximum Gasteiger partial charge on any atom is 0.325 e. The molecule has 1 aromatic carbocycles. The number of ether oxygens (including phenoxy) is 1. The first-order valence-electron chi connectivity index (χ1n) is 5.40. The van der Waals surface area contributed by atoms with E-state index in [9.17, 15) is 4.79 Å². The van der Waals surface area contributed by atoms with E-state index in [-0.39, 0.29) is 6.61 Å². The lowest BCUT2D eigenvalue weighted by Gasteiger charge is -2.17. The molecule has 0 saturated heterocycles. The lowest BCUT2D eigenvalue weighted by molar-refractivity contribution is -0.139. The quantitative estimate of drug-likeness (QED) is 0.613. The SMILES string of the molecule is COc1ccccc1C(NCCCO)C(=O)O. The van der Waals surface area contributed by atoms with E-state index in [2.05, 4.69) is 5.32 Å². The fourth-order valence-electron chi connectivity index (χ4n) is 1.56. The number of nitrogens with one attached hydrogen (secondary N) is 1. The van der Waals surface area contributed by atoms with Crippen LogP contribution >= 0.6 is 0 Å². The molecule has 17 heavy (non-hydrogen) atoms. The van der Waals surface area contributed by atoms with Crippen molar-refractivity contribution < 1.29 is 19.7 Å². The fourth-order valence-corrected chi connectivity index (χ4v) is 1.56. The molecule has 5 nitrogen and oxygen atoms in total. The number of benzene rings is 1. The average Bonchev–Trinajstić information content (AvgIpc) is 2.34. The monoisotopic (exact) mass is 239 g/mol. The van der Waals surface area contributed by atoms with Crippen molar-refractivity contribution in [1.29, 1.82) is 0 Å². The van der Waals surface area contributed by atoms with E-state index in [4.69, 9.17) is 14.9 Å². The van der Waals surface area contributed by atoms with Crippen LogP contribution in [0.25, 0.3) is 0 Å². The smallest absolute Gasteiger partial charge is 0.325 e. The molecule has 1 aromatic rings. The van der Waals surface area contributed by atoms with Gasteiger partial charge in [-0.1, -0.05) is 18.2 Å². The first-order valence-corrected chi connectivity index (χ1v) is 5.40. The number of carbonyl (C=O) groups is 1. The molecular weight excluding hydrogens is 222 g/mol. The Morgan fingerprint density at radius 3 is 2.76 bits per heavy atom. The molecule has 0 fully saturated rings. The molecule has 1 atom stereocenters. The third-order valence-corrected chi connectivity index (χ3v) is 2.38. The minimum Gasteiger partial charge on any atom is -0.496 e. The van der Waals surface area contributed by atoms with Crippen LogP contribution in [0.5, 0.6) is 5.75 Å². The second kappa shape index (κ2) is 6.88. The molecule has 0 saturated carbocycles. The number of aliphatic hydroxyl groups is 1. The molecule has 1 unspecified atom stereocenters. The second-order valence-electron chi connectivity index (χ2n) is 3.54. The summed E-state index contributed by atoms with van der Waals surface area (Å²) in [7, 11) is 1.51. The summed E-state index contributed by atoms with van der Waals surface area (Å²) in [6.45, 7) is 0.469. The van der Waals surface area contributed by atoms with Gasteiger partial charge in [0.25, 0.3) is 0 Å². The lowest BCUT2D eigenvalue weighted by atomic mass is 10.1. The standard InChI is InChI=1S/C12H17NO4/c1-17-10-6-3-2-5-9(10)11(12(15)16)13-7-4-8-14/h2-3,5-6,11,13-14H,4,7-8H2,1H3,(H,15,16). The maximum absolute atomic E-state index is 11.2. The van der Waals surface area contributed by atoms with Gasteiger partial charge in [0.15, 0.2) is 0 Å². The van der Waals surface area contributed by atoms with Crippen molar-refractivity contribution in [1.82, 2.24) is 5.32 Å². The Bertz CT molecular complexity index is 367. The molecule has 1 rings (SSSR count). The summed E-state index contributed by atoms with van der Waals surface area (Å²) in [6, 6.07) is 6.16. The number of hydrogen-bond donors (Lipinski definition) is 3. The van der Waals surface area contributed by atoms with Crippen molar-refractivity contribution in [2.24, 2.45) is 0 Å². The van der Waals surface area contributed by atoms with Crippen molar-refractivity contribution in [2.45, 2.75) is 12.5 Å². The van der Waals surface area contributed by atoms with Crippen LogP contribution in [0.2, 0.25) is 0 Å². The van der Waals surface area contributed by atoms with Crippen molar-refractivity contribution in [3.05, 3.63) is 29.8 Å². The molecule has 0 amide bonds. The van der Waals surface area contributed by atoms with E-state index >= 15 is 0 Å². The topological polar surface area (TPSA) is 78.8 Å². The third kappa shape index (κ3) is 3.72. The summed E-state index contributed by atoms with van der Waals surface area (Å²) in [5.74, 6) is -0.427. The zero-order chi connectivity index (χ0) is 12.7. The van der Waals surface area contributed by atoms with Crippen LogP contribution in [0, 0.1) is 0 Å². The highest BCUT2D eigenvalue weighted by atomic mass is 16.5. The molecule has 0 aliphatic heterocycles. The molecule has 94 valence electrons. The normalized spacial score (nSPS) is 12.1. The van der Waals surface area contributed by atoms with Gasteiger partial charge in [0.2, 0.25) is 0 Å². The molecule has 0 aromatic heterocycles.